The van der Waals surface area contributed by atoms with E-state index >= 15 is 0 Å². The third-order valence-corrected chi connectivity index (χ3v) is 6.55. The fraction of sp³-hybridized carbons (Fsp3) is 0.250. The molecule has 0 spiro atoms. The number of piperidine rings is 1. The summed E-state index contributed by atoms with van der Waals surface area (Å²) in [5.74, 6) is -0.797. The summed E-state index contributed by atoms with van der Waals surface area (Å²) in [6.45, 7) is 1.30. The molecule has 6 nitrogen and oxygen atoms in total. The largest absolute Gasteiger partial charge is 0.479 e. The summed E-state index contributed by atoms with van der Waals surface area (Å²) < 4.78 is 3.00. The Morgan fingerprint density at radius 2 is 1.74 bits per heavy atom. The van der Waals surface area contributed by atoms with Gasteiger partial charge in [-0.1, -0.05) is 35.6 Å². The van der Waals surface area contributed by atoms with Crippen molar-refractivity contribution in [3.63, 3.8) is 0 Å². The number of hydrogen-bond donors (Lipinski definition) is 1. The van der Waals surface area contributed by atoms with Crippen molar-refractivity contribution in [3.05, 3.63) is 54.9 Å². The Morgan fingerprint density at radius 3 is 2.48 bits per heavy atom. The maximum atomic E-state index is 12.3. The van der Waals surface area contributed by atoms with Gasteiger partial charge in [-0.25, -0.2) is 14.8 Å². The first-order chi connectivity index (χ1) is 13.2. The van der Waals surface area contributed by atoms with E-state index < -0.39 is 11.5 Å². The average Bonchev–Trinajstić information content (AvgIpc) is 3.32. The van der Waals surface area contributed by atoms with Crippen molar-refractivity contribution in [1.82, 2.24) is 14.5 Å². The molecule has 1 fully saturated rings. The number of carbonyl (C=O) groups is 1. The van der Waals surface area contributed by atoms with E-state index in [9.17, 15) is 9.90 Å². The summed E-state index contributed by atoms with van der Waals surface area (Å²) in [6.07, 6.45) is 2.70. The van der Waals surface area contributed by atoms with Gasteiger partial charge < -0.3 is 14.6 Å². The number of imidazole rings is 1. The van der Waals surface area contributed by atoms with Crippen molar-refractivity contribution in [2.75, 3.05) is 18.0 Å². The lowest BCUT2D eigenvalue weighted by molar-refractivity contribution is -0.148. The number of fused-ring (bicyclic) bond motifs is 2. The van der Waals surface area contributed by atoms with Crippen molar-refractivity contribution in [3.8, 4) is 0 Å². The van der Waals surface area contributed by atoms with Gasteiger partial charge in [0.25, 0.3) is 0 Å². The maximum absolute atomic E-state index is 12.3. The number of thiazole rings is 1. The van der Waals surface area contributed by atoms with E-state index in [1.807, 2.05) is 47.0 Å². The third kappa shape index (κ3) is 2.49. The number of nitrogens with zero attached hydrogens (tertiary/aromatic N) is 4. The monoisotopic (exact) mass is 378 g/mol. The molecule has 7 heteroatoms. The third-order valence-electron chi connectivity index (χ3n) is 5.46. The van der Waals surface area contributed by atoms with Crippen LogP contribution < -0.4 is 4.90 Å². The van der Waals surface area contributed by atoms with Crippen LogP contribution in [-0.4, -0.2) is 38.7 Å². The van der Waals surface area contributed by atoms with Crippen LogP contribution in [0.3, 0.4) is 0 Å². The first kappa shape index (κ1) is 16.3. The van der Waals surface area contributed by atoms with Gasteiger partial charge in [0, 0.05) is 13.1 Å². The Bertz CT molecular complexity index is 1110. The second-order valence-electron chi connectivity index (χ2n) is 6.89. The Balaban J connectivity index is 1.48. The zero-order chi connectivity index (χ0) is 18.4. The fourth-order valence-electron chi connectivity index (χ4n) is 3.92. The number of aromatic nitrogens is 3. The number of para-hydroxylation sites is 3. The molecule has 0 atom stereocenters. The SMILES string of the molecule is O=C(O)C1(n2cnc3ccccc32)CCN(c2nc3ccccc3s2)CC1. The topological polar surface area (TPSA) is 71.2 Å². The summed E-state index contributed by atoms with van der Waals surface area (Å²) in [4.78, 5) is 23.6. The second-order valence-corrected chi connectivity index (χ2v) is 7.90. The molecule has 5 rings (SSSR count). The predicted molar refractivity (Wildman–Crippen MR) is 106 cm³/mol. The minimum Gasteiger partial charge on any atom is -0.479 e. The van der Waals surface area contributed by atoms with Gasteiger partial charge in [0.2, 0.25) is 0 Å². The van der Waals surface area contributed by atoms with Gasteiger partial charge in [0.05, 0.1) is 27.6 Å². The second kappa shape index (κ2) is 6.06. The lowest BCUT2D eigenvalue weighted by Crippen LogP contribution is -2.51. The smallest absolute Gasteiger partial charge is 0.330 e. The minimum atomic E-state index is -0.969. The summed E-state index contributed by atoms with van der Waals surface area (Å²) in [6, 6.07) is 15.8. The molecular formula is C20H18N4O2S. The van der Waals surface area contributed by atoms with Crippen LogP contribution in [0, 0.1) is 0 Å². The van der Waals surface area contributed by atoms with E-state index in [-0.39, 0.29) is 0 Å². The molecule has 27 heavy (non-hydrogen) atoms. The molecule has 0 aliphatic carbocycles. The molecule has 1 aliphatic rings. The van der Waals surface area contributed by atoms with Crippen LogP contribution in [0.2, 0.25) is 0 Å². The zero-order valence-electron chi connectivity index (χ0n) is 14.6. The minimum absolute atomic E-state index is 0.513. The number of benzene rings is 2. The lowest BCUT2D eigenvalue weighted by atomic mass is 9.87. The molecule has 0 bridgehead atoms. The molecule has 136 valence electrons. The van der Waals surface area contributed by atoms with Crippen LogP contribution in [0.1, 0.15) is 12.8 Å². The normalized spacial score (nSPS) is 16.8. The molecular weight excluding hydrogens is 360 g/mol. The molecule has 3 heterocycles. The van der Waals surface area contributed by atoms with E-state index in [0.717, 1.165) is 26.4 Å². The molecule has 4 aromatic rings. The predicted octanol–water partition coefficient (Wildman–Crippen LogP) is 3.73. The Hall–Kier alpha value is -2.93. The first-order valence-corrected chi connectivity index (χ1v) is 9.75. The van der Waals surface area contributed by atoms with Crippen LogP contribution in [-0.2, 0) is 10.3 Å². The number of carboxylic acids is 1. The quantitative estimate of drug-likeness (QED) is 0.588. The van der Waals surface area contributed by atoms with E-state index in [1.165, 1.54) is 0 Å². The van der Waals surface area contributed by atoms with Crippen LogP contribution in [0.15, 0.2) is 54.9 Å². The van der Waals surface area contributed by atoms with Gasteiger partial charge >= 0.3 is 5.97 Å². The summed E-state index contributed by atoms with van der Waals surface area (Å²) in [5, 5.41) is 11.1. The summed E-state index contributed by atoms with van der Waals surface area (Å²) in [7, 11) is 0. The van der Waals surface area contributed by atoms with E-state index in [1.54, 1.807) is 17.7 Å². The van der Waals surface area contributed by atoms with Crippen molar-refractivity contribution in [2.45, 2.75) is 18.4 Å². The number of carboxylic acid groups (broad SMARTS) is 1. The standard InChI is InChI=1S/C20H18N4O2S/c25-18(26)20(24-13-21-14-5-1-3-7-16(14)24)9-11-23(12-10-20)19-22-15-6-2-4-8-17(15)27-19/h1-8,13H,9-12H2,(H,25,26). The number of anilines is 1. The Kier molecular flexibility index (Phi) is 3.65. The molecule has 0 amide bonds. The molecule has 1 aliphatic heterocycles. The summed E-state index contributed by atoms with van der Waals surface area (Å²) in [5.41, 5.74) is 1.72. The highest BCUT2D eigenvalue weighted by Gasteiger charge is 2.44. The number of rotatable bonds is 3. The zero-order valence-corrected chi connectivity index (χ0v) is 15.4. The molecule has 0 saturated carbocycles. The van der Waals surface area contributed by atoms with E-state index in [0.29, 0.717) is 25.9 Å². The van der Waals surface area contributed by atoms with Gasteiger partial charge in [0.1, 0.15) is 5.54 Å². The van der Waals surface area contributed by atoms with E-state index in [2.05, 4.69) is 16.0 Å². The summed E-state index contributed by atoms with van der Waals surface area (Å²) >= 11 is 1.66. The number of aliphatic carboxylic acids is 1. The molecule has 0 radical (unpaired) electrons. The fourth-order valence-corrected chi connectivity index (χ4v) is 4.94. The average molecular weight is 378 g/mol. The van der Waals surface area contributed by atoms with Gasteiger partial charge in [-0.3, -0.25) is 0 Å². The van der Waals surface area contributed by atoms with Gasteiger partial charge in [-0.15, -0.1) is 0 Å². The van der Waals surface area contributed by atoms with E-state index in [4.69, 9.17) is 4.98 Å². The van der Waals surface area contributed by atoms with Crippen molar-refractivity contribution in [2.24, 2.45) is 0 Å². The highest BCUT2D eigenvalue weighted by atomic mass is 32.1. The van der Waals surface area contributed by atoms with Crippen molar-refractivity contribution < 1.29 is 9.90 Å². The van der Waals surface area contributed by atoms with Crippen LogP contribution >= 0.6 is 11.3 Å². The van der Waals surface area contributed by atoms with Gasteiger partial charge in [-0.05, 0) is 37.1 Å². The van der Waals surface area contributed by atoms with Crippen molar-refractivity contribution in [1.29, 1.82) is 0 Å². The van der Waals surface area contributed by atoms with Crippen LogP contribution in [0.4, 0.5) is 5.13 Å². The maximum Gasteiger partial charge on any atom is 0.330 e. The Morgan fingerprint density at radius 1 is 1.04 bits per heavy atom. The molecule has 2 aromatic heterocycles. The van der Waals surface area contributed by atoms with Crippen LogP contribution in [0.25, 0.3) is 21.3 Å². The van der Waals surface area contributed by atoms with Gasteiger partial charge in [-0.2, -0.15) is 0 Å². The highest BCUT2D eigenvalue weighted by molar-refractivity contribution is 7.22. The first-order valence-electron chi connectivity index (χ1n) is 8.94. The molecule has 0 unspecified atom stereocenters. The van der Waals surface area contributed by atoms with Gasteiger partial charge in [0.15, 0.2) is 5.13 Å². The highest BCUT2D eigenvalue weighted by Crippen LogP contribution is 2.37. The number of hydrogen-bond acceptors (Lipinski definition) is 5. The van der Waals surface area contributed by atoms with Crippen molar-refractivity contribution >= 4 is 43.7 Å². The molecule has 1 saturated heterocycles. The van der Waals surface area contributed by atoms with Crippen LogP contribution in [0.5, 0.6) is 0 Å². The molecule has 1 N–H and O–H groups in total. The Labute approximate surface area is 159 Å². The molecule has 2 aromatic carbocycles. The lowest BCUT2D eigenvalue weighted by Gasteiger charge is -2.39.